The second kappa shape index (κ2) is 17.8. The van der Waals surface area contributed by atoms with Crippen LogP contribution in [0.5, 0.6) is 0 Å². The van der Waals surface area contributed by atoms with Gasteiger partial charge in [-0.05, 0) is 106 Å². The Kier molecular flexibility index (Phi) is 8.28. The van der Waals surface area contributed by atoms with Gasteiger partial charge in [0.15, 0.2) is 0 Å². The molecule has 3 nitrogen and oxygen atoms in total. The minimum atomic E-state index is -2.56. The molecule has 0 amide bonds. The second-order valence-electron chi connectivity index (χ2n) is 14.7. The zero-order valence-electron chi connectivity index (χ0n) is 46.5. The molecule has 1 radical (unpaired) electrons. The average molecular weight is 982 g/mol. The van der Waals surface area contributed by atoms with Gasteiger partial charge < -0.3 is 14.4 Å². The third-order valence-electron chi connectivity index (χ3n) is 11.1. The summed E-state index contributed by atoms with van der Waals surface area (Å²) in [5.74, 6) is -0.962. The molecule has 0 aliphatic rings. The molecule has 0 aliphatic carbocycles. The van der Waals surface area contributed by atoms with E-state index >= 15 is 0 Å². The van der Waals surface area contributed by atoms with Crippen molar-refractivity contribution in [2.24, 2.45) is 0 Å². The van der Waals surface area contributed by atoms with Crippen molar-refractivity contribution in [3.05, 3.63) is 192 Å². The summed E-state index contributed by atoms with van der Waals surface area (Å²) in [6.45, 7) is -5.79. The number of aromatic nitrogens is 2. The first-order valence-corrected chi connectivity index (χ1v) is 19.9. The molecule has 61 heavy (non-hydrogen) atoms. The number of fused-ring (bicyclic) bond motifs is 7. The Balaban J connectivity index is 0.000000229. The third-order valence-corrected chi connectivity index (χ3v) is 11.1. The molecule has 3 aromatic heterocycles. The number of aryl methyl sites for hydroxylation is 4. The summed E-state index contributed by atoms with van der Waals surface area (Å²) in [5, 5.41) is 6.02. The van der Waals surface area contributed by atoms with E-state index < -0.39 is 33.3 Å². The van der Waals surface area contributed by atoms with Crippen LogP contribution in [0.4, 0.5) is 0 Å². The maximum Gasteiger partial charge on any atom is 0.129 e. The Labute approximate surface area is 391 Å². The van der Waals surface area contributed by atoms with E-state index in [1.54, 1.807) is 42.5 Å². The number of pyridine rings is 2. The van der Waals surface area contributed by atoms with Crippen molar-refractivity contribution in [3.63, 3.8) is 0 Å². The van der Waals surface area contributed by atoms with E-state index in [1.807, 2.05) is 68.4 Å². The first kappa shape index (κ1) is 28.4. The second-order valence-corrected chi connectivity index (χ2v) is 14.7. The number of furan rings is 1. The quantitative estimate of drug-likeness (QED) is 0.118. The zero-order chi connectivity index (χ0) is 52.3. The predicted octanol–water partition coefficient (Wildman–Crippen LogP) is 15.8. The molecule has 4 heteroatoms. The topological polar surface area (TPSA) is 38.9 Å². The van der Waals surface area contributed by atoms with Crippen LogP contribution in [0.1, 0.15) is 78.2 Å². The van der Waals surface area contributed by atoms with Crippen LogP contribution in [0.2, 0.25) is 0 Å². The molecular formula is C57H48IrN2O-2. The third kappa shape index (κ3) is 8.07. The van der Waals surface area contributed by atoms with Gasteiger partial charge in [0.05, 0.1) is 5.58 Å². The largest absolute Gasteiger partial charge is 0.500 e. The van der Waals surface area contributed by atoms with Crippen LogP contribution in [-0.2, 0) is 20.1 Å². The van der Waals surface area contributed by atoms with Crippen molar-refractivity contribution in [1.29, 1.82) is 0 Å². The molecule has 0 aliphatic heterocycles. The molecule has 0 bridgehead atoms. The summed E-state index contributed by atoms with van der Waals surface area (Å²) in [7, 11) is 0. The van der Waals surface area contributed by atoms with Gasteiger partial charge in [0, 0.05) is 61.1 Å². The van der Waals surface area contributed by atoms with Gasteiger partial charge in [0.1, 0.15) is 5.58 Å². The number of rotatable bonds is 7. The molecule has 0 N–H and O–H groups in total. The Morgan fingerprint density at radius 1 is 0.607 bits per heavy atom. The molecule has 7 aromatic carbocycles. The van der Waals surface area contributed by atoms with Gasteiger partial charge in [-0.15, -0.1) is 47.5 Å². The van der Waals surface area contributed by atoms with Crippen LogP contribution >= 0.6 is 0 Å². The molecule has 303 valence electrons. The average Bonchev–Trinajstić information content (AvgIpc) is 3.76. The Morgan fingerprint density at radius 2 is 1.38 bits per heavy atom. The summed E-state index contributed by atoms with van der Waals surface area (Å²) in [4.78, 5) is 8.80. The van der Waals surface area contributed by atoms with Crippen LogP contribution in [0.25, 0.3) is 88.3 Å². The molecular weight excluding hydrogens is 921 g/mol. The van der Waals surface area contributed by atoms with E-state index in [-0.39, 0.29) is 53.5 Å². The number of benzene rings is 7. The van der Waals surface area contributed by atoms with Crippen molar-refractivity contribution in [2.75, 3.05) is 0 Å². The fourth-order valence-corrected chi connectivity index (χ4v) is 8.00. The number of hydrogen-bond donors (Lipinski definition) is 0. The standard InChI is InChI=1S/C38H32NO.C19H16N.Ir/c1-5-25(6-2)28-17-18-29(23(3)20-28)34-21-35(39-22-24(34)4)33-13-9-12-31-32-19-16-27-15-14-26-10-7-8-11-30(26)36(27)38(32)40-37(31)33;1-14-8-11-19(20-13-14)17-10-9-15(2)18(12-17)16-6-4-3-5-7-16;/h7-12,14-22,25H,5-6H2,1-4H3;3-9,11-13H,1-2H3;/q2*-1;/i3D3,4D3,25D;1D3,2D3;. The van der Waals surface area contributed by atoms with E-state index in [9.17, 15) is 0 Å². The van der Waals surface area contributed by atoms with Crippen LogP contribution in [0, 0.1) is 39.5 Å². The first-order chi connectivity index (χ1) is 34.5. The molecule has 0 saturated heterocycles. The normalized spacial score (nSPS) is 15.4. The number of hydrogen-bond acceptors (Lipinski definition) is 3. The van der Waals surface area contributed by atoms with Crippen molar-refractivity contribution in [3.8, 4) is 44.8 Å². The SMILES string of the molecule is [2H]C([2H])([2H])c1ccc(-c2[c-]cc(C([2H])([2H])[2H])c(-c3ccccc3)c2)nc1.[2H]C([2H])([2H])c1cnc(-c2[c-]ccc3c2oc2c3ccc3ccc4ccccc4c32)cc1-c1ccc(C([2H])(CC)CC)cc1C([2H])([2H])[2H].[Ir]. The molecule has 0 atom stereocenters. The van der Waals surface area contributed by atoms with Crippen LogP contribution in [0.3, 0.4) is 0 Å². The van der Waals surface area contributed by atoms with Crippen molar-refractivity contribution in [2.45, 2.75) is 60.0 Å². The smallest absolute Gasteiger partial charge is 0.129 e. The summed E-state index contributed by atoms with van der Waals surface area (Å²) in [6.07, 6.45) is 3.63. The van der Waals surface area contributed by atoms with Gasteiger partial charge in [0.2, 0.25) is 0 Å². The molecule has 0 fully saturated rings. The van der Waals surface area contributed by atoms with Gasteiger partial charge in [-0.1, -0.05) is 152 Å². The predicted molar refractivity (Wildman–Crippen MR) is 252 cm³/mol. The van der Waals surface area contributed by atoms with E-state index in [4.69, 9.17) is 22.2 Å². The van der Waals surface area contributed by atoms with E-state index in [0.29, 0.717) is 52.1 Å². The minimum absolute atomic E-state index is 0. The molecule has 10 rings (SSSR count). The van der Waals surface area contributed by atoms with Crippen LogP contribution in [0.15, 0.2) is 156 Å². The van der Waals surface area contributed by atoms with Crippen molar-refractivity contribution >= 4 is 43.5 Å². The van der Waals surface area contributed by atoms with Gasteiger partial charge in [0.25, 0.3) is 0 Å². The maximum absolute atomic E-state index is 8.94. The summed E-state index contributed by atoms with van der Waals surface area (Å²) < 4.78 is 111. The zero-order valence-corrected chi connectivity index (χ0v) is 35.9. The summed E-state index contributed by atoms with van der Waals surface area (Å²) in [5.41, 5.74) is 6.16. The minimum Gasteiger partial charge on any atom is -0.500 e. The van der Waals surface area contributed by atoms with Gasteiger partial charge in [-0.3, -0.25) is 0 Å². The van der Waals surface area contributed by atoms with Crippen molar-refractivity contribution in [1.82, 2.24) is 9.97 Å². The molecule has 0 saturated carbocycles. The fraction of sp³-hybridized carbons (Fsp3) is 0.158. The van der Waals surface area contributed by atoms with Gasteiger partial charge in [-0.25, -0.2) is 0 Å². The fourth-order valence-electron chi connectivity index (χ4n) is 8.00. The van der Waals surface area contributed by atoms with Gasteiger partial charge >= 0.3 is 0 Å². The Hall–Kier alpha value is -6.19. The Morgan fingerprint density at radius 3 is 2.16 bits per heavy atom. The van der Waals surface area contributed by atoms with Crippen LogP contribution in [-0.4, -0.2) is 9.97 Å². The molecule has 0 spiro atoms. The maximum atomic E-state index is 8.94. The van der Waals surface area contributed by atoms with Crippen molar-refractivity contribution < 1.29 is 42.3 Å². The first-order valence-electron chi connectivity index (χ1n) is 26.4. The van der Waals surface area contributed by atoms with E-state index in [2.05, 4.69) is 52.4 Å². The van der Waals surface area contributed by atoms with E-state index in [1.165, 1.54) is 24.5 Å². The van der Waals surface area contributed by atoms with Crippen LogP contribution < -0.4 is 0 Å². The molecule has 10 aromatic rings. The summed E-state index contributed by atoms with van der Waals surface area (Å²) in [6, 6.07) is 48.6. The molecule has 3 heterocycles. The summed E-state index contributed by atoms with van der Waals surface area (Å²) >= 11 is 0. The van der Waals surface area contributed by atoms with E-state index in [0.717, 1.165) is 43.5 Å². The Bertz CT molecular complexity index is 3670. The monoisotopic (exact) mass is 982 g/mol. The van der Waals surface area contributed by atoms with Gasteiger partial charge in [-0.2, -0.15) is 0 Å². The number of nitrogens with zero attached hydrogens (tertiary/aromatic N) is 2. The molecule has 0 unspecified atom stereocenters.